The highest BCUT2D eigenvalue weighted by Gasteiger charge is 2.51. The molecule has 1 saturated carbocycles. The summed E-state index contributed by atoms with van der Waals surface area (Å²) in [6.07, 6.45) is 1.66. The first-order chi connectivity index (χ1) is 9.53. The van der Waals surface area contributed by atoms with E-state index in [-0.39, 0.29) is 5.78 Å². The van der Waals surface area contributed by atoms with Gasteiger partial charge in [0.25, 0.3) is 0 Å². The lowest BCUT2D eigenvalue weighted by atomic mass is 9.87. The normalized spacial score (nSPS) is 15.9. The topological polar surface area (TPSA) is 43.1 Å². The summed E-state index contributed by atoms with van der Waals surface area (Å²) in [7, 11) is 0. The van der Waals surface area contributed by atoms with Crippen LogP contribution in [0.15, 0.2) is 42.5 Å². The third-order valence-corrected chi connectivity index (χ3v) is 4.39. The third kappa shape index (κ3) is 2.19. The minimum absolute atomic E-state index is 0.0368. The number of Topliss-reactive ketones (excluding diaryl/α,β-unsaturated/α-hetero) is 1. The smallest absolute Gasteiger partial charge is 0.174 e. The molecule has 0 atom stereocenters. The van der Waals surface area contributed by atoms with Crippen molar-refractivity contribution in [1.29, 1.82) is 0 Å². The SMILES string of the molecule is Nc1ccc(C2(C(=O)c3cc(Cl)ccc3Cl)CC2)cc1. The van der Waals surface area contributed by atoms with Crippen LogP contribution >= 0.6 is 23.2 Å². The number of hydrogen-bond acceptors (Lipinski definition) is 2. The van der Waals surface area contributed by atoms with Crippen molar-refractivity contribution in [2.24, 2.45) is 0 Å². The van der Waals surface area contributed by atoms with Gasteiger partial charge < -0.3 is 5.73 Å². The zero-order valence-electron chi connectivity index (χ0n) is 10.7. The Morgan fingerprint density at radius 3 is 2.30 bits per heavy atom. The van der Waals surface area contributed by atoms with Gasteiger partial charge in [-0.25, -0.2) is 0 Å². The van der Waals surface area contributed by atoms with Crippen LogP contribution in [0.25, 0.3) is 0 Å². The van der Waals surface area contributed by atoms with E-state index in [0.29, 0.717) is 21.3 Å². The molecule has 0 radical (unpaired) electrons. The Morgan fingerprint density at radius 2 is 1.70 bits per heavy atom. The number of benzene rings is 2. The Kier molecular flexibility index (Phi) is 3.23. The molecule has 1 fully saturated rings. The van der Waals surface area contributed by atoms with Gasteiger partial charge in [-0.2, -0.15) is 0 Å². The van der Waals surface area contributed by atoms with Crippen molar-refractivity contribution in [2.45, 2.75) is 18.3 Å². The van der Waals surface area contributed by atoms with Crippen LogP contribution in [0.4, 0.5) is 5.69 Å². The summed E-state index contributed by atoms with van der Waals surface area (Å²) in [5.41, 5.74) is 7.42. The first-order valence-electron chi connectivity index (χ1n) is 6.39. The molecule has 0 spiro atoms. The summed E-state index contributed by atoms with van der Waals surface area (Å²) in [5, 5.41) is 0.965. The predicted octanol–water partition coefficient (Wildman–Crippen LogP) is 4.49. The molecule has 2 N–H and O–H groups in total. The van der Waals surface area contributed by atoms with Crippen molar-refractivity contribution in [3.8, 4) is 0 Å². The Hall–Kier alpha value is -1.51. The summed E-state index contributed by atoms with van der Waals surface area (Å²) < 4.78 is 0. The molecule has 2 nitrogen and oxygen atoms in total. The van der Waals surface area contributed by atoms with E-state index in [1.54, 1.807) is 18.2 Å². The van der Waals surface area contributed by atoms with Crippen molar-refractivity contribution < 1.29 is 4.79 Å². The number of rotatable bonds is 3. The third-order valence-electron chi connectivity index (χ3n) is 3.82. The summed E-state index contributed by atoms with van der Waals surface area (Å²) in [4.78, 5) is 12.8. The Balaban J connectivity index is 2.01. The standard InChI is InChI=1S/C16H13Cl2NO/c17-11-3-6-14(18)13(9-11)15(20)16(7-8-16)10-1-4-12(19)5-2-10/h1-6,9H,7-8,19H2. The van der Waals surface area contributed by atoms with Gasteiger partial charge in [-0.1, -0.05) is 35.3 Å². The quantitative estimate of drug-likeness (QED) is 0.670. The Morgan fingerprint density at radius 1 is 1.05 bits per heavy atom. The molecule has 20 heavy (non-hydrogen) atoms. The fraction of sp³-hybridized carbons (Fsp3) is 0.188. The van der Waals surface area contributed by atoms with Crippen molar-refractivity contribution in [2.75, 3.05) is 5.73 Å². The molecule has 102 valence electrons. The minimum atomic E-state index is -0.456. The van der Waals surface area contributed by atoms with Crippen LogP contribution in [0.2, 0.25) is 10.0 Å². The molecule has 4 heteroatoms. The number of anilines is 1. The van der Waals surface area contributed by atoms with Crippen LogP contribution in [0.1, 0.15) is 28.8 Å². The van der Waals surface area contributed by atoms with Crippen molar-refractivity contribution in [1.82, 2.24) is 0 Å². The molecule has 1 aliphatic carbocycles. The van der Waals surface area contributed by atoms with Gasteiger partial charge in [0.05, 0.1) is 10.4 Å². The molecule has 0 saturated heterocycles. The molecule has 0 bridgehead atoms. The van der Waals surface area contributed by atoms with E-state index < -0.39 is 5.41 Å². The fourth-order valence-electron chi connectivity index (χ4n) is 2.50. The average molecular weight is 306 g/mol. The summed E-state index contributed by atoms with van der Waals surface area (Å²) in [6, 6.07) is 12.5. The molecule has 0 amide bonds. The molecule has 2 aromatic rings. The average Bonchev–Trinajstić information content (AvgIpc) is 3.23. The predicted molar refractivity (Wildman–Crippen MR) is 82.6 cm³/mol. The molecule has 0 aliphatic heterocycles. The summed E-state index contributed by atoms with van der Waals surface area (Å²) >= 11 is 12.1. The molecule has 0 unspecified atom stereocenters. The number of hydrogen-bond donors (Lipinski definition) is 1. The highest BCUT2D eigenvalue weighted by Crippen LogP contribution is 2.51. The first kappa shape index (κ1) is 13.5. The Labute approximate surface area is 127 Å². The molecule has 3 rings (SSSR count). The summed E-state index contributed by atoms with van der Waals surface area (Å²) in [5.74, 6) is 0.0368. The second-order valence-electron chi connectivity index (χ2n) is 5.16. The maximum atomic E-state index is 12.8. The monoisotopic (exact) mass is 305 g/mol. The summed E-state index contributed by atoms with van der Waals surface area (Å²) in [6.45, 7) is 0. The number of carbonyl (C=O) groups excluding carboxylic acids is 1. The van der Waals surface area contributed by atoms with E-state index in [4.69, 9.17) is 28.9 Å². The lowest BCUT2D eigenvalue weighted by Crippen LogP contribution is -2.21. The lowest BCUT2D eigenvalue weighted by Gasteiger charge is -2.16. The molecule has 0 heterocycles. The van der Waals surface area contributed by atoms with Gasteiger partial charge in [0.2, 0.25) is 0 Å². The highest BCUT2D eigenvalue weighted by molar-refractivity contribution is 6.36. The number of halogens is 2. The molecule has 2 aromatic carbocycles. The minimum Gasteiger partial charge on any atom is -0.399 e. The van der Waals surface area contributed by atoms with Gasteiger partial charge in [-0.15, -0.1) is 0 Å². The number of ketones is 1. The molecule has 1 aliphatic rings. The van der Waals surface area contributed by atoms with Crippen LogP contribution in [-0.4, -0.2) is 5.78 Å². The molecular formula is C16H13Cl2NO. The van der Waals surface area contributed by atoms with E-state index in [1.807, 2.05) is 24.3 Å². The number of nitrogen functional groups attached to an aromatic ring is 1. The van der Waals surface area contributed by atoms with E-state index in [2.05, 4.69) is 0 Å². The van der Waals surface area contributed by atoms with Crippen LogP contribution in [0.3, 0.4) is 0 Å². The number of nitrogens with two attached hydrogens (primary N) is 1. The van der Waals surface area contributed by atoms with Gasteiger partial charge in [0.1, 0.15) is 0 Å². The molecular weight excluding hydrogens is 293 g/mol. The first-order valence-corrected chi connectivity index (χ1v) is 7.14. The van der Waals surface area contributed by atoms with Crippen LogP contribution in [-0.2, 0) is 5.41 Å². The second-order valence-corrected chi connectivity index (χ2v) is 6.00. The maximum Gasteiger partial charge on any atom is 0.174 e. The van der Waals surface area contributed by atoms with Gasteiger partial charge in [0, 0.05) is 16.3 Å². The van der Waals surface area contributed by atoms with Crippen molar-refractivity contribution >= 4 is 34.7 Å². The lowest BCUT2D eigenvalue weighted by molar-refractivity contribution is 0.0946. The van der Waals surface area contributed by atoms with Crippen LogP contribution in [0, 0.1) is 0 Å². The van der Waals surface area contributed by atoms with Crippen molar-refractivity contribution in [3.63, 3.8) is 0 Å². The maximum absolute atomic E-state index is 12.8. The van der Waals surface area contributed by atoms with Gasteiger partial charge in [-0.3, -0.25) is 4.79 Å². The zero-order valence-corrected chi connectivity index (χ0v) is 12.2. The highest BCUT2D eigenvalue weighted by atomic mass is 35.5. The van der Waals surface area contributed by atoms with E-state index in [0.717, 1.165) is 18.4 Å². The second kappa shape index (κ2) is 4.80. The van der Waals surface area contributed by atoms with E-state index >= 15 is 0 Å². The van der Waals surface area contributed by atoms with Gasteiger partial charge in [0.15, 0.2) is 5.78 Å². The van der Waals surface area contributed by atoms with Gasteiger partial charge in [-0.05, 0) is 48.7 Å². The fourth-order valence-corrected chi connectivity index (χ4v) is 2.88. The number of carbonyl (C=O) groups is 1. The Bertz CT molecular complexity index is 675. The van der Waals surface area contributed by atoms with Crippen LogP contribution in [0.5, 0.6) is 0 Å². The van der Waals surface area contributed by atoms with E-state index in [1.165, 1.54) is 0 Å². The van der Waals surface area contributed by atoms with Crippen LogP contribution < -0.4 is 5.73 Å². The van der Waals surface area contributed by atoms with Crippen molar-refractivity contribution in [3.05, 3.63) is 63.6 Å². The zero-order chi connectivity index (χ0) is 14.3. The van der Waals surface area contributed by atoms with E-state index in [9.17, 15) is 4.79 Å². The van der Waals surface area contributed by atoms with Gasteiger partial charge >= 0.3 is 0 Å². The molecule has 0 aromatic heterocycles. The largest absolute Gasteiger partial charge is 0.399 e.